The molecule has 3 rings (SSSR count). The van der Waals surface area contributed by atoms with Crippen LogP contribution in [0.2, 0.25) is 0 Å². The van der Waals surface area contributed by atoms with Crippen LogP contribution in [0.15, 0.2) is 48.5 Å². The Morgan fingerprint density at radius 3 is 2.67 bits per heavy atom. The number of rotatable bonds is 10. The predicted octanol–water partition coefficient (Wildman–Crippen LogP) is 5.38. The van der Waals surface area contributed by atoms with Crippen molar-refractivity contribution in [2.24, 2.45) is 0 Å². The van der Waals surface area contributed by atoms with Crippen molar-refractivity contribution in [1.82, 2.24) is 4.98 Å². The zero-order chi connectivity index (χ0) is 21.5. The standard InChI is InChI=1S/C24H28N2O4/c1-3-4-5-6-8-17-11-12-21-20(13-17)22(30-19-10-7-9-18(27)14-19)15-23(25-21)26(2)16-24(28)29/h7,9-15,27H,3-6,8,16H2,1-2H3,(H,28,29). The van der Waals surface area contributed by atoms with Crippen LogP contribution in [0.4, 0.5) is 5.82 Å². The molecule has 0 saturated carbocycles. The average Bonchev–Trinajstić information content (AvgIpc) is 2.71. The first-order chi connectivity index (χ1) is 14.5. The number of carbonyl (C=O) groups is 1. The second kappa shape index (κ2) is 9.96. The lowest BCUT2D eigenvalue weighted by Gasteiger charge is -2.18. The summed E-state index contributed by atoms with van der Waals surface area (Å²) in [5, 5.41) is 19.7. The molecule has 2 N–H and O–H groups in total. The van der Waals surface area contributed by atoms with E-state index >= 15 is 0 Å². The SMILES string of the molecule is CCCCCCc1ccc2nc(N(C)CC(=O)O)cc(Oc3cccc(O)c3)c2c1. The van der Waals surface area contributed by atoms with Crippen molar-refractivity contribution in [2.45, 2.75) is 39.0 Å². The molecule has 6 heteroatoms. The first-order valence-corrected chi connectivity index (χ1v) is 10.3. The molecule has 0 aliphatic carbocycles. The summed E-state index contributed by atoms with van der Waals surface area (Å²) >= 11 is 0. The minimum Gasteiger partial charge on any atom is -0.508 e. The first-order valence-electron chi connectivity index (χ1n) is 10.3. The van der Waals surface area contributed by atoms with E-state index in [1.54, 1.807) is 42.3 Å². The number of aliphatic carboxylic acids is 1. The molecular weight excluding hydrogens is 380 g/mol. The number of benzene rings is 2. The number of phenolic OH excluding ortho intramolecular Hbond substituents is 1. The minimum atomic E-state index is -0.933. The number of aromatic hydroxyl groups is 1. The number of nitrogens with zero attached hydrogens (tertiary/aromatic N) is 2. The van der Waals surface area contributed by atoms with Crippen LogP contribution in [-0.2, 0) is 11.2 Å². The van der Waals surface area contributed by atoms with Crippen LogP contribution >= 0.6 is 0 Å². The largest absolute Gasteiger partial charge is 0.508 e. The van der Waals surface area contributed by atoms with E-state index in [1.807, 2.05) is 6.07 Å². The molecule has 1 aromatic heterocycles. The second-order valence-corrected chi connectivity index (χ2v) is 7.49. The Labute approximate surface area is 176 Å². The Morgan fingerprint density at radius 1 is 1.10 bits per heavy atom. The van der Waals surface area contributed by atoms with Gasteiger partial charge in [-0.05, 0) is 42.7 Å². The van der Waals surface area contributed by atoms with Gasteiger partial charge in [0.2, 0.25) is 0 Å². The third-order valence-corrected chi connectivity index (χ3v) is 4.95. The van der Waals surface area contributed by atoms with Gasteiger partial charge in [-0.2, -0.15) is 0 Å². The van der Waals surface area contributed by atoms with Gasteiger partial charge in [-0.3, -0.25) is 4.79 Å². The highest BCUT2D eigenvalue weighted by Crippen LogP contribution is 2.34. The fourth-order valence-corrected chi connectivity index (χ4v) is 3.38. The Bertz CT molecular complexity index is 1020. The number of anilines is 1. The third kappa shape index (κ3) is 5.63. The van der Waals surface area contributed by atoms with Gasteiger partial charge >= 0.3 is 5.97 Å². The number of aryl methyl sites for hydroxylation is 1. The Balaban J connectivity index is 1.98. The number of ether oxygens (including phenoxy) is 1. The number of likely N-dealkylation sites (N-methyl/N-ethyl adjacent to an activating group) is 1. The fourth-order valence-electron chi connectivity index (χ4n) is 3.38. The van der Waals surface area contributed by atoms with E-state index in [-0.39, 0.29) is 12.3 Å². The lowest BCUT2D eigenvalue weighted by molar-refractivity contribution is -0.135. The van der Waals surface area contributed by atoms with Crippen molar-refractivity contribution in [1.29, 1.82) is 0 Å². The summed E-state index contributed by atoms with van der Waals surface area (Å²) in [5.41, 5.74) is 1.95. The fraction of sp³-hybridized carbons (Fsp3) is 0.333. The maximum Gasteiger partial charge on any atom is 0.323 e. The number of carboxylic acids is 1. The smallest absolute Gasteiger partial charge is 0.323 e. The molecule has 0 spiro atoms. The number of phenols is 1. The molecule has 158 valence electrons. The second-order valence-electron chi connectivity index (χ2n) is 7.49. The summed E-state index contributed by atoms with van der Waals surface area (Å²) in [4.78, 5) is 17.3. The summed E-state index contributed by atoms with van der Waals surface area (Å²) in [6, 6.07) is 14.5. The van der Waals surface area contributed by atoms with Gasteiger partial charge in [0.05, 0.1) is 5.52 Å². The molecule has 0 atom stereocenters. The highest BCUT2D eigenvalue weighted by Gasteiger charge is 2.14. The van der Waals surface area contributed by atoms with E-state index in [0.717, 1.165) is 23.7 Å². The van der Waals surface area contributed by atoms with Crippen molar-refractivity contribution in [3.05, 3.63) is 54.1 Å². The van der Waals surface area contributed by atoms with Gasteiger partial charge in [-0.15, -0.1) is 0 Å². The van der Waals surface area contributed by atoms with E-state index in [1.165, 1.54) is 24.8 Å². The quantitative estimate of drug-likeness (QED) is 0.439. The lowest BCUT2D eigenvalue weighted by Crippen LogP contribution is -2.25. The average molecular weight is 408 g/mol. The molecule has 6 nitrogen and oxygen atoms in total. The topological polar surface area (TPSA) is 82.9 Å². The van der Waals surface area contributed by atoms with E-state index in [0.29, 0.717) is 17.3 Å². The predicted molar refractivity (Wildman–Crippen MR) is 119 cm³/mol. The number of carboxylic acid groups (broad SMARTS) is 1. The van der Waals surface area contributed by atoms with Crippen LogP contribution in [0.25, 0.3) is 10.9 Å². The van der Waals surface area contributed by atoms with E-state index in [4.69, 9.17) is 9.84 Å². The molecule has 0 aliphatic rings. The maximum absolute atomic E-state index is 11.1. The van der Waals surface area contributed by atoms with Crippen molar-refractivity contribution < 1.29 is 19.7 Å². The van der Waals surface area contributed by atoms with Crippen LogP contribution in [0.3, 0.4) is 0 Å². The number of hydrogen-bond donors (Lipinski definition) is 2. The molecule has 0 radical (unpaired) electrons. The van der Waals surface area contributed by atoms with Crippen molar-refractivity contribution in [3.8, 4) is 17.2 Å². The van der Waals surface area contributed by atoms with Crippen LogP contribution in [-0.4, -0.2) is 34.8 Å². The lowest BCUT2D eigenvalue weighted by atomic mass is 10.0. The molecule has 0 amide bonds. The molecule has 30 heavy (non-hydrogen) atoms. The molecule has 0 fully saturated rings. The summed E-state index contributed by atoms with van der Waals surface area (Å²) in [7, 11) is 1.68. The molecular formula is C24H28N2O4. The van der Waals surface area contributed by atoms with Crippen molar-refractivity contribution in [2.75, 3.05) is 18.5 Å². The molecule has 3 aromatic rings. The summed E-state index contributed by atoms with van der Waals surface area (Å²) in [6.45, 7) is 2.03. The van der Waals surface area contributed by atoms with Crippen LogP contribution in [0.1, 0.15) is 38.2 Å². The minimum absolute atomic E-state index is 0.116. The summed E-state index contributed by atoms with van der Waals surface area (Å²) < 4.78 is 6.09. The molecule has 1 heterocycles. The Hall–Kier alpha value is -3.28. The number of fused-ring (bicyclic) bond motifs is 1. The molecule has 0 saturated heterocycles. The zero-order valence-corrected chi connectivity index (χ0v) is 17.5. The van der Waals surface area contributed by atoms with Gasteiger partial charge in [0, 0.05) is 24.6 Å². The summed E-state index contributed by atoms with van der Waals surface area (Å²) in [6.07, 6.45) is 5.77. The Morgan fingerprint density at radius 2 is 1.93 bits per heavy atom. The van der Waals surface area contributed by atoms with Gasteiger partial charge in [-0.1, -0.05) is 38.3 Å². The van der Waals surface area contributed by atoms with Crippen LogP contribution in [0, 0.1) is 0 Å². The molecule has 2 aromatic carbocycles. The summed E-state index contributed by atoms with van der Waals surface area (Å²) in [5.74, 6) is 0.773. The third-order valence-electron chi connectivity index (χ3n) is 4.95. The number of hydrogen-bond acceptors (Lipinski definition) is 5. The van der Waals surface area contributed by atoms with Gasteiger partial charge in [0.25, 0.3) is 0 Å². The number of unbranched alkanes of at least 4 members (excludes halogenated alkanes) is 3. The van der Waals surface area contributed by atoms with Gasteiger partial charge in [0.1, 0.15) is 29.6 Å². The van der Waals surface area contributed by atoms with Crippen molar-refractivity contribution >= 4 is 22.7 Å². The van der Waals surface area contributed by atoms with E-state index < -0.39 is 5.97 Å². The molecule has 0 unspecified atom stereocenters. The normalized spacial score (nSPS) is 10.9. The highest BCUT2D eigenvalue weighted by molar-refractivity contribution is 5.88. The van der Waals surface area contributed by atoms with E-state index in [2.05, 4.69) is 24.0 Å². The maximum atomic E-state index is 11.1. The zero-order valence-electron chi connectivity index (χ0n) is 17.5. The first kappa shape index (κ1) is 21.4. The number of pyridine rings is 1. The van der Waals surface area contributed by atoms with Gasteiger partial charge in [-0.25, -0.2) is 4.98 Å². The van der Waals surface area contributed by atoms with Crippen LogP contribution in [0.5, 0.6) is 17.2 Å². The van der Waals surface area contributed by atoms with Crippen LogP contribution < -0.4 is 9.64 Å². The molecule has 0 aliphatic heterocycles. The van der Waals surface area contributed by atoms with Gasteiger partial charge in [0.15, 0.2) is 0 Å². The molecule has 0 bridgehead atoms. The monoisotopic (exact) mass is 408 g/mol. The highest BCUT2D eigenvalue weighted by atomic mass is 16.5. The van der Waals surface area contributed by atoms with E-state index in [9.17, 15) is 9.90 Å². The van der Waals surface area contributed by atoms with Gasteiger partial charge < -0.3 is 19.8 Å². The Kier molecular flexibility index (Phi) is 7.12. The number of aromatic nitrogens is 1. The van der Waals surface area contributed by atoms with Crippen molar-refractivity contribution in [3.63, 3.8) is 0 Å².